The van der Waals surface area contributed by atoms with Gasteiger partial charge >= 0.3 is 0 Å². The van der Waals surface area contributed by atoms with Gasteiger partial charge in [-0.3, -0.25) is 4.79 Å². The number of benzene rings is 1. The Hall–Kier alpha value is -2.03. The molecule has 1 amide bonds. The molecular weight excluding hydrogens is 188 g/mol. The number of amides is 1. The highest BCUT2D eigenvalue weighted by Crippen LogP contribution is 2.27. The Morgan fingerprint density at radius 3 is 3.07 bits per heavy atom. The van der Waals surface area contributed by atoms with Crippen LogP contribution < -0.4 is 0 Å². The van der Waals surface area contributed by atoms with E-state index in [1.54, 1.807) is 4.90 Å². The van der Waals surface area contributed by atoms with Gasteiger partial charge in [0.05, 0.1) is 6.54 Å². The predicted octanol–water partition coefficient (Wildman–Crippen LogP) is 2.11. The van der Waals surface area contributed by atoms with E-state index in [-0.39, 0.29) is 0 Å². The summed E-state index contributed by atoms with van der Waals surface area (Å²) < 4.78 is 0. The normalized spacial score (nSPS) is 14.3. The molecule has 2 aromatic rings. The quantitative estimate of drug-likeness (QED) is 0.700. The summed E-state index contributed by atoms with van der Waals surface area (Å²) in [6.07, 6.45) is 4.63. The fraction of sp³-hybridized carbons (Fsp3) is 0.0833. The average molecular weight is 198 g/mol. The van der Waals surface area contributed by atoms with Gasteiger partial charge in [-0.25, -0.2) is 0 Å². The Morgan fingerprint density at radius 1 is 1.33 bits per heavy atom. The zero-order chi connectivity index (χ0) is 10.3. The predicted molar refractivity (Wildman–Crippen MR) is 58.9 cm³/mol. The van der Waals surface area contributed by atoms with Gasteiger partial charge in [0.25, 0.3) is 0 Å². The van der Waals surface area contributed by atoms with E-state index in [1.165, 1.54) is 10.9 Å². The van der Waals surface area contributed by atoms with E-state index in [2.05, 4.69) is 11.1 Å². The fourth-order valence-electron chi connectivity index (χ4n) is 2.01. The lowest BCUT2D eigenvalue weighted by molar-refractivity contribution is -0.116. The summed E-state index contributed by atoms with van der Waals surface area (Å²) in [5.74, 6) is 0. The molecule has 0 spiro atoms. The van der Waals surface area contributed by atoms with E-state index in [0.717, 1.165) is 17.6 Å². The number of nitrogens with zero attached hydrogens (tertiary/aromatic N) is 1. The molecule has 1 aliphatic rings. The van der Waals surface area contributed by atoms with E-state index >= 15 is 0 Å². The second-order valence-corrected chi connectivity index (χ2v) is 3.66. The van der Waals surface area contributed by atoms with Crippen molar-refractivity contribution in [2.75, 3.05) is 0 Å². The highest BCUT2D eigenvalue weighted by molar-refractivity contribution is 5.91. The lowest BCUT2D eigenvalue weighted by Crippen LogP contribution is -2.17. The van der Waals surface area contributed by atoms with Crippen molar-refractivity contribution >= 4 is 23.4 Å². The highest BCUT2D eigenvalue weighted by Gasteiger charge is 2.14. The van der Waals surface area contributed by atoms with Crippen LogP contribution in [0.25, 0.3) is 17.0 Å². The number of H-pyrrole nitrogens is 1. The lowest BCUT2D eigenvalue weighted by Gasteiger charge is -2.16. The Morgan fingerprint density at radius 2 is 2.20 bits per heavy atom. The monoisotopic (exact) mass is 198 g/mol. The molecule has 0 saturated heterocycles. The molecule has 3 rings (SSSR count). The van der Waals surface area contributed by atoms with Gasteiger partial charge in [-0.15, -0.1) is 0 Å². The molecule has 0 aliphatic carbocycles. The van der Waals surface area contributed by atoms with Crippen LogP contribution in [-0.4, -0.2) is 16.3 Å². The smallest absolute Gasteiger partial charge is 0.214 e. The number of carbonyl (C=O) groups excluding carboxylic acids is 1. The second-order valence-electron chi connectivity index (χ2n) is 3.66. The van der Waals surface area contributed by atoms with Gasteiger partial charge in [-0.2, -0.15) is 0 Å². The molecule has 1 aromatic heterocycles. The summed E-state index contributed by atoms with van der Waals surface area (Å²) in [4.78, 5) is 15.6. The lowest BCUT2D eigenvalue weighted by atomic mass is 10.1. The third-order valence-corrected chi connectivity index (χ3v) is 2.74. The summed E-state index contributed by atoms with van der Waals surface area (Å²) in [5.41, 5.74) is 3.43. The minimum Gasteiger partial charge on any atom is -0.356 e. The largest absolute Gasteiger partial charge is 0.356 e. The molecule has 74 valence electrons. The molecule has 3 nitrogen and oxygen atoms in total. The maximum Gasteiger partial charge on any atom is 0.214 e. The van der Waals surface area contributed by atoms with Crippen molar-refractivity contribution < 1.29 is 4.79 Å². The van der Waals surface area contributed by atoms with E-state index in [9.17, 15) is 4.79 Å². The van der Waals surface area contributed by atoms with Gasteiger partial charge in [0, 0.05) is 28.4 Å². The maximum absolute atomic E-state index is 10.6. The Bertz CT molecular complexity index is 554. The molecule has 1 N–H and O–H groups in total. The number of hydrogen-bond acceptors (Lipinski definition) is 1. The van der Waals surface area contributed by atoms with Crippen molar-refractivity contribution in [3.05, 3.63) is 41.7 Å². The summed E-state index contributed by atoms with van der Waals surface area (Å²) in [6.45, 7) is 0.629. The second kappa shape index (κ2) is 2.98. The number of hydrogen-bond donors (Lipinski definition) is 1. The highest BCUT2D eigenvalue weighted by atomic mass is 16.1. The van der Waals surface area contributed by atoms with Crippen LogP contribution in [0.5, 0.6) is 0 Å². The molecule has 0 fully saturated rings. The van der Waals surface area contributed by atoms with Crippen molar-refractivity contribution in [3.63, 3.8) is 0 Å². The van der Waals surface area contributed by atoms with Crippen LogP contribution in [0, 0.1) is 0 Å². The number of fused-ring (bicyclic) bond motifs is 3. The minimum absolute atomic E-state index is 0.629. The zero-order valence-corrected chi connectivity index (χ0v) is 8.10. The SMILES string of the molecule is O=CN1C=Cc2c([nH]c3ccccc23)C1. The third-order valence-electron chi connectivity index (χ3n) is 2.74. The van der Waals surface area contributed by atoms with Gasteiger partial charge in [0.15, 0.2) is 0 Å². The van der Waals surface area contributed by atoms with Crippen LogP contribution in [-0.2, 0) is 11.3 Å². The number of nitrogens with one attached hydrogen (secondary N) is 1. The zero-order valence-electron chi connectivity index (χ0n) is 8.10. The van der Waals surface area contributed by atoms with Crippen LogP contribution >= 0.6 is 0 Å². The molecular formula is C12H10N2O. The van der Waals surface area contributed by atoms with Crippen molar-refractivity contribution in [2.24, 2.45) is 0 Å². The van der Waals surface area contributed by atoms with Crippen molar-refractivity contribution in [1.82, 2.24) is 9.88 Å². The van der Waals surface area contributed by atoms with Crippen LogP contribution in [0.2, 0.25) is 0 Å². The number of aromatic amines is 1. The van der Waals surface area contributed by atoms with Crippen LogP contribution in [0.4, 0.5) is 0 Å². The number of rotatable bonds is 1. The van der Waals surface area contributed by atoms with Crippen LogP contribution in [0.15, 0.2) is 30.5 Å². The van der Waals surface area contributed by atoms with Gasteiger partial charge in [-0.05, 0) is 12.1 Å². The molecule has 1 aromatic carbocycles. The molecule has 0 bridgehead atoms. The van der Waals surface area contributed by atoms with Crippen LogP contribution in [0.1, 0.15) is 11.3 Å². The molecule has 15 heavy (non-hydrogen) atoms. The summed E-state index contributed by atoms with van der Waals surface area (Å²) in [6, 6.07) is 8.17. The minimum atomic E-state index is 0.629. The first-order valence-corrected chi connectivity index (χ1v) is 4.87. The van der Waals surface area contributed by atoms with E-state index in [0.29, 0.717) is 6.54 Å². The Balaban J connectivity index is 2.23. The van der Waals surface area contributed by atoms with Crippen molar-refractivity contribution in [1.29, 1.82) is 0 Å². The van der Waals surface area contributed by atoms with Crippen molar-refractivity contribution in [2.45, 2.75) is 6.54 Å². The third kappa shape index (κ3) is 1.16. The topological polar surface area (TPSA) is 36.1 Å². The fourth-order valence-corrected chi connectivity index (χ4v) is 2.01. The van der Waals surface area contributed by atoms with Gasteiger partial charge in [-0.1, -0.05) is 18.2 Å². The number of carbonyl (C=O) groups is 1. The summed E-state index contributed by atoms with van der Waals surface area (Å²) >= 11 is 0. The molecule has 2 heterocycles. The summed E-state index contributed by atoms with van der Waals surface area (Å²) in [7, 11) is 0. The molecule has 0 radical (unpaired) electrons. The number of aromatic nitrogens is 1. The Kier molecular flexibility index (Phi) is 1.65. The Labute approximate surface area is 87.0 Å². The van der Waals surface area contributed by atoms with E-state index in [4.69, 9.17) is 0 Å². The molecule has 3 heteroatoms. The first-order chi connectivity index (χ1) is 7.38. The van der Waals surface area contributed by atoms with Crippen molar-refractivity contribution in [3.8, 4) is 0 Å². The first-order valence-electron chi connectivity index (χ1n) is 4.87. The molecule has 0 unspecified atom stereocenters. The molecule has 1 aliphatic heterocycles. The van der Waals surface area contributed by atoms with Gasteiger partial charge < -0.3 is 9.88 Å². The number of para-hydroxylation sites is 1. The van der Waals surface area contributed by atoms with Gasteiger partial charge in [0.1, 0.15) is 0 Å². The van der Waals surface area contributed by atoms with Gasteiger partial charge in [0.2, 0.25) is 6.41 Å². The molecule has 0 atom stereocenters. The standard InChI is InChI=1S/C12H10N2O/c15-8-14-6-5-10-9-3-1-2-4-11(9)13-12(10)7-14/h1-6,8,13H,7H2. The average Bonchev–Trinajstić information content (AvgIpc) is 2.66. The van der Waals surface area contributed by atoms with Crippen LogP contribution in [0.3, 0.4) is 0 Å². The molecule has 0 saturated carbocycles. The first kappa shape index (κ1) is 8.29. The maximum atomic E-state index is 10.6. The van der Waals surface area contributed by atoms with E-state index in [1.807, 2.05) is 30.5 Å². The summed E-state index contributed by atoms with van der Waals surface area (Å²) in [5, 5.41) is 1.22. The van der Waals surface area contributed by atoms with E-state index < -0.39 is 0 Å².